The standard InChI is InChI=1S/C46H77NO17/c1-13-33-30(22-58-45-42(57-12)41(56-11)37(52)26(5)60-45)18-23(2)14-15-31(49)24(3)19-29(16-17-48)39(25(4)32(50)20-34(51)62-33)64-44-38(53)36(47(9)10)40(27(6)61-44)63-35-21-46(8,55)43(54)28(7)59-35/h14-15,17-18,24-30,32-33,35-45,50,52-55H,13,16,19-22H2,1-12H3/t24-,25-,26-,27-,28+,29+,30-,32-,33-,35+,36-,37-,38-,39-,40-,41-,42-,43+,44+,45-,46-/m1/s1. The molecule has 368 valence electrons. The number of nitrogens with zero attached hydrogens (tertiary/aromatic N) is 1. The third kappa shape index (κ3) is 13.5. The van der Waals surface area contributed by atoms with Gasteiger partial charge in [0.05, 0.1) is 55.2 Å². The average Bonchev–Trinajstić information content (AvgIpc) is 3.23. The maximum absolute atomic E-state index is 13.8. The van der Waals surface area contributed by atoms with Gasteiger partial charge in [-0.25, -0.2) is 0 Å². The van der Waals surface area contributed by atoms with Crippen molar-refractivity contribution in [1.82, 2.24) is 4.90 Å². The highest BCUT2D eigenvalue weighted by atomic mass is 16.7. The van der Waals surface area contributed by atoms with Gasteiger partial charge in [-0.1, -0.05) is 38.5 Å². The van der Waals surface area contributed by atoms with Crippen LogP contribution in [0.25, 0.3) is 0 Å². The third-order valence-corrected chi connectivity index (χ3v) is 13.4. The van der Waals surface area contributed by atoms with Gasteiger partial charge >= 0.3 is 5.97 Å². The molecular formula is C46H77NO17. The number of methoxy groups -OCH3 is 2. The lowest BCUT2D eigenvalue weighted by Crippen LogP contribution is -2.65. The van der Waals surface area contributed by atoms with Gasteiger partial charge in [0.1, 0.15) is 49.0 Å². The van der Waals surface area contributed by atoms with Crippen molar-refractivity contribution in [1.29, 1.82) is 0 Å². The van der Waals surface area contributed by atoms with Gasteiger partial charge in [-0.3, -0.25) is 9.59 Å². The third-order valence-electron chi connectivity index (χ3n) is 13.4. The number of allylic oxidation sites excluding steroid dienone is 3. The first kappa shape index (κ1) is 54.3. The minimum absolute atomic E-state index is 0.00788. The number of esters is 1. The molecule has 18 nitrogen and oxygen atoms in total. The SMILES string of the molecule is CC[C@H]1OC(=O)C[C@@H](O)[C@@H](C)[C@@H](O[C@@H]2O[C@H](C)[C@@H](O[C@H]3C[C@@](C)(O)[C@@H](O)[C@H](C)O3)[C@H](N(C)C)[C@H]2O)[C@@H](CC=O)C[C@@H](C)C(=O)C=CC(C)=C[C@@H]1CO[C@@H]1O[C@H](C)[C@@H](O)[C@@H](OC)[C@H]1OC. The fraction of sp³-hybridized carbons (Fsp3) is 0.848. The minimum atomic E-state index is -1.49. The number of likely N-dealkylation sites (N-methyl/N-ethyl adjacent to an activating group) is 1. The molecule has 4 heterocycles. The number of hydrogen-bond acceptors (Lipinski definition) is 18. The summed E-state index contributed by atoms with van der Waals surface area (Å²) in [5.74, 6) is -3.59. The molecule has 3 fully saturated rings. The first-order chi connectivity index (χ1) is 30.1. The van der Waals surface area contributed by atoms with Crippen LogP contribution in [0.4, 0.5) is 0 Å². The smallest absolute Gasteiger partial charge is 0.308 e. The molecule has 0 aliphatic carbocycles. The van der Waals surface area contributed by atoms with Crippen LogP contribution in [-0.2, 0) is 57.0 Å². The Hall–Kier alpha value is -2.27. The quantitative estimate of drug-likeness (QED) is 0.131. The Bertz CT molecular complexity index is 1560. The fourth-order valence-electron chi connectivity index (χ4n) is 9.51. The number of cyclic esters (lactones) is 1. The monoisotopic (exact) mass is 916 g/mol. The minimum Gasteiger partial charge on any atom is -0.462 e. The molecule has 5 N–H and O–H groups in total. The average molecular weight is 916 g/mol. The van der Waals surface area contributed by atoms with Crippen LogP contribution in [0.3, 0.4) is 0 Å². The van der Waals surface area contributed by atoms with E-state index in [2.05, 4.69) is 0 Å². The molecule has 4 aliphatic rings. The van der Waals surface area contributed by atoms with Crippen molar-refractivity contribution in [2.45, 2.75) is 191 Å². The van der Waals surface area contributed by atoms with E-state index in [0.29, 0.717) is 12.0 Å². The first-order valence-electron chi connectivity index (χ1n) is 22.7. The maximum Gasteiger partial charge on any atom is 0.308 e. The molecule has 21 atom stereocenters. The predicted molar refractivity (Wildman–Crippen MR) is 230 cm³/mol. The van der Waals surface area contributed by atoms with E-state index >= 15 is 0 Å². The van der Waals surface area contributed by atoms with Crippen LogP contribution in [0.5, 0.6) is 0 Å². The van der Waals surface area contributed by atoms with Crippen molar-refractivity contribution >= 4 is 18.0 Å². The van der Waals surface area contributed by atoms with Gasteiger partial charge in [-0.15, -0.1) is 0 Å². The van der Waals surface area contributed by atoms with Crippen LogP contribution in [0.1, 0.15) is 87.5 Å². The topological polar surface area (TPSA) is 239 Å². The van der Waals surface area contributed by atoms with Crippen molar-refractivity contribution in [2.24, 2.45) is 23.7 Å². The highest BCUT2D eigenvalue weighted by Crippen LogP contribution is 2.37. The molecule has 0 radical (unpaired) electrons. The van der Waals surface area contributed by atoms with Gasteiger partial charge in [-0.2, -0.15) is 0 Å². The summed E-state index contributed by atoms with van der Waals surface area (Å²) in [6, 6.07) is -0.748. The summed E-state index contributed by atoms with van der Waals surface area (Å²) in [4.78, 5) is 41.5. The second kappa shape index (κ2) is 24.1. The molecule has 3 saturated heterocycles. The Morgan fingerprint density at radius 2 is 1.52 bits per heavy atom. The Morgan fingerprint density at radius 3 is 2.11 bits per heavy atom. The van der Waals surface area contributed by atoms with Gasteiger partial charge in [0, 0.05) is 44.8 Å². The van der Waals surface area contributed by atoms with E-state index in [-0.39, 0.29) is 31.7 Å². The van der Waals surface area contributed by atoms with Crippen LogP contribution in [-0.4, -0.2) is 187 Å². The second-order valence-electron chi connectivity index (χ2n) is 18.7. The molecule has 0 aromatic carbocycles. The molecule has 0 unspecified atom stereocenters. The van der Waals surface area contributed by atoms with Crippen molar-refractivity contribution in [3.8, 4) is 0 Å². The maximum atomic E-state index is 13.8. The molecule has 0 amide bonds. The van der Waals surface area contributed by atoms with E-state index in [4.69, 9.17) is 42.6 Å². The molecule has 18 heteroatoms. The zero-order valence-corrected chi connectivity index (χ0v) is 39.7. The highest BCUT2D eigenvalue weighted by molar-refractivity contribution is 5.91. The van der Waals surface area contributed by atoms with Crippen molar-refractivity contribution in [2.75, 3.05) is 34.9 Å². The number of aliphatic hydroxyl groups excluding tert-OH is 4. The summed E-state index contributed by atoms with van der Waals surface area (Å²) < 4.78 is 54.7. The van der Waals surface area contributed by atoms with Gasteiger partial charge in [0.15, 0.2) is 24.7 Å². The lowest BCUT2D eigenvalue weighted by atomic mass is 9.79. The first-order valence-corrected chi connectivity index (χ1v) is 22.7. The van der Waals surface area contributed by atoms with Crippen LogP contribution in [0.15, 0.2) is 23.8 Å². The molecule has 0 saturated carbocycles. The van der Waals surface area contributed by atoms with E-state index < -0.39 is 140 Å². The highest BCUT2D eigenvalue weighted by Gasteiger charge is 2.52. The molecule has 4 rings (SSSR count). The number of hydrogen-bond donors (Lipinski definition) is 5. The normalized spacial score (nSPS) is 44.6. The number of carbonyl (C=O) groups excluding carboxylic acids is 3. The molecule has 64 heavy (non-hydrogen) atoms. The number of carbonyl (C=O) groups is 3. The van der Waals surface area contributed by atoms with Gasteiger partial charge in [-0.05, 0) is 73.5 Å². The van der Waals surface area contributed by atoms with E-state index in [0.717, 1.165) is 6.29 Å². The van der Waals surface area contributed by atoms with Gasteiger partial charge in [0.25, 0.3) is 0 Å². The summed E-state index contributed by atoms with van der Waals surface area (Å²) >= 11 is 0. The summed E-state index contributed by atoms with van der Waals surface area (Å²) in [5.41, 5.74) is -0.806. The van der Waals surface area contributed by atoms with Gasteiger partial charge in [0.2, 0.25) is 0 Å². The molecule has 0 spiro atoms. The number of aliphatic hydroxyl groups is 5. The van der Waals surface area contributed by atoms with Crippen molar-refractivity contribution < 1.29 is 82.5 Å². The van der Waals surface area contributed by atoms with E-state index in [1.54, 1.807) is 59.7 Å². The summed E-state index contributed by atoms with van der Waals surface area (Å²) in [7, 11) is 6.43. The molecule has 4 aliphatic heterocycles. The van der Waals surface area contributed by atoms with Crippen molar-refractivity contribution in [3.05, 3.63) is 23.8 Å². The zero-order chi connectivity index (χ0) is 47.8. The van der Waals surface area contributed by atoms with Crippen molar-refractivity contribution in [3.63, 3.8) is 0 Å². The number of aldehydes is 1. The Labute approximate surface area is 378 Å². The Morgan fingerprint density at radius 1 is 0.859 bits per heavy atom. The molecule has 0 aromatic rings. The lowest BCUT2D eigenvalue weighted by molar-refractivity contribution is -0.341. The van der Waals surface area contributed by atoms with Crippen LogP contribution in [0.2, 0.25) is 0 Å². The second-order valence-corrected chi connectivity index (χ2v) is 18.7. The van der Waals surface area contributed by atoms with E-state index in [1.165, 1.54) is 27.2 Å². The fourth-order valence-corrected chi connectivity index (χ4v) is 9.51. The summed E-state index contributed by atoms with van der Waals surface area (Å²) in [5, 5.41) is 55.8. The zero-order valence-electron chi connectivity index (χ0n) is 39.7. The molecule has 0 aromatic heterocycles. The summed E-state index contributed by atoms with van der Waals surface area (Å²) in [6.45, 7) is 13.6. The number of ether oxygens (including phenoxy) is 9. The molecule has 0 bridgehead atoms. The Balaban J connectivity index is 1.62. The largest absolute Gasteiger partial charge is 0.462 e. The van der Waals surface area contributed by atoms with Gasteiger partial charge < -0.3 is 77.9 Å². The van der Waals surface area contributed by atoms with Crippen LogP contribution >= 0.6 is 0 Å². The molecular weight excluding hydrogens is 838 g/mol. The number of rotatable bonds is 13. The summed E-state index contributed by atoms with van der Waals surface area (Å²) in [6.07, 6.45) is -8.49. The Kier molecular flexibility index (Phi) is 20.5. The predicted octanol–water partition coefficient (Wildman–Crippen LogP) is 1.83. The van der Waals surface area contributed by atoms with Crippen LogP contribution < -0.4 is 0 Å². The van der Waals surface area contributed by atoms with E-state index in [1.807, 2.05) is 19.9 Å². The van der Waals surface area contributed by atoms with Crippen LogP contribution in [0, 0.1) is 23.7 Å². The number of ketones is 1. The lowest BCUT2D eigenvalue weighted by Gasteiger charge is -2.50. The van der Waals surface area contributed by atoms with E-state index in [9.17, 15) is 39.9 Å².